The van der Waals surface area contributed by atoms with Crippen molar-refractivity contribution in [1.29, 1.82) is 0 Å². The van der Waals surface area contributed by atoms with E-state index in [0.717, 1.165) is 17.1 Å². The van der Waals surface area contributed by atoms with E-state index in [2.05, 4.69) is 0 Å². The second-order valence-corrected chi connectivity index (χ2v) is 2.75. The third-order valence-corrected chi connectivity index (χ3v) is 1.87. The molecule has 2 N–H and O–H groups in total. The van der Waals surface area contributed by atoms with Gasteiger partial charge in [0.05, 0.1) is 14.2 Å². The monoisotopic (exact) mass is 193 g/mol. The van der Waals surface area contributed by atoms with Crippen LogP contribution in [0, 0.1) is 0 Å². The molecule has 1 rings (SSSR count). The Balaban J connectivity index is 3.02. The van der Waals surface area contributed by atoms with Gasteiger partial charge in [0, 0.05) is 12.1 Å². The molecule has 0 aromatic heterocycles. The largest absolute Gasteiger partial charge is 0.497 e. The zero-order valence-corrected chi connectivity index (χ0v) is 8.49. The summed E-state index contributed by atoms with van der Waals surface area (Å²) < 4.78 is 10.3. The summed E-state index contributed by atoms with van der Waals surface area (Å²) in [5.41, 5.74) is 6.35. The van der Waals surface area contributed by atoms with Gasteiger partial charge in [-0.1, -0.05) is 12.2 Å². The molecule has 0 aliphatic rings. The summed E-state index contributed by atoms with van der Waals surface area (Å²) in [6.07, 6.45) is 3.79. The Labute approximate surface area is 84.1 Å². The summed E-state index contributed by atoms with van der Waals surface area (Å²) in [4.78, 5) is 0. The normalized spacial score (nSPS) is 10.5. The van der Waals surface area contributed by atoms with E-state index in [9.17, 15) is 0 Å². The molecule has 0 aliphatic heterocycles. The molecule has 0 heterocycles. The maximum Gasteiger partial charge on any atom is 0.126 e. The Bertz CT molecular complexity index is 321. The highest BCUT2D eigenvalue weighted by Crippen LogP contribution is 2.24. The number of nitrogens with two attached hydrogens (primary N) is 1. The highest BCUT2D eigenvalue weighted by Gasteiger charge is 2.00. The van der Waals surface area contributed by atoms with Crippen molar-refractivity contribution in [2.75, 3.05) is 20.8 Å². The molecule has 1 aromatic rings. The molecule has 0 unspecified atom stereocenters. The molecule has 0 saturated carbocycles. The molecule has 1 aromatic carbocycles. The average molecular weight is 193 g/mol. The van der Waals surface area contributed by atoms with Crippen molar-refractivity contribution >= 4 is 6.08 Å². The zero-order valence-electron chi connectivity index (χ0n) is 8.49. The molecule has 0 aliphatic carbocycles. The molecule has 76 valence electrons. The van der Waals surface area contributed by atoms with Gasteiger partial charge in [-0.05, 0) is 18.2 Å². The fourth-order valence-corrected chi connectivity index (χ4v) is 1.16. The standard InChI is InChI=1S/C11H15NO2/c1-13-10-5-6-11(14-2)9(8-10)4-3-7-12/h3-6,8H,7,12H2,1-2H3. The molecule has 0 spiro atoms. The van der Waals surface area contributed by atoms with Crippen LogP contribution >= 0.6 is 0 Å². The van der Waals surface area contributed by atoms with E-state index in [-0.39, 0.29) is 0 Å². The van der Waals surface area contributed by atoms with Crippen LogP contribution in [0.15, 0.2) is 24.3 Å². The summed E-state index contributed by atoms with van der Waals surface area (Å²) in [6, 6.07) is 5.64. The molecular formula is C11H15NO2. The zero-order chi connectivity index (χ0) is 10.4. The van der Waals surface area contributed by atoms with Crippen LogP contribution in [0.25, 0.3) is 6.08 Å². The van der Waals surface area contributed by atoms with E-state index in [4.69, 9.17) is 15.2 Å². The lowest BCUT2D eigenvalue weighted by atomic mass is 10.1. The number of hydrogen-bond donors (Lipinski definition) is 1. The van der Waals surface area contributed by atoms with Crippen LogP contribution in [-0.2, 0) is 0 Å². The Morgan fingerprint density at radius 2 is 2.07 bits per heavy atom. The maximum absolute atomic E-state index is 5.38. The SMILES string of the molecule is COc1ccc(OC)c(C=CCN)c1. The molecule has 0 atom stereocenters. The third kappa shape index (κ3) is 2.50. The van der Waals surface area contributed by atoms with Crippen molar-refractivity contribution in [2.45, 2.75) is 0 Å². The van der Waals surface area contributed by atoms with Gasteiger partial charge < -0.3 is 15.2 Å². The van der Waals surface area contributed by atoms with Crippen LogP contribution in [0.4, 0.5) is 0 Å². The molecule has 0 radical (unpaired) electrons. The van der Waals surface area contributed by atoms with Crippen LogP contribution in [0.5, 0.6) is 11.5 Å². The lowest BCUT2D eigenvalue weighted by Gasteiger charge is -2.06. The molecule has 3 heteroatoms. The van der Waals surface area contributed by atoms with Gasteiger partial charge in [-0.2, -0.15) is 0 Å². The first-order valence-corrected chi connectivity index (χ1v) is 4.40. The topological polar surface area (TPSA) is 44.5 Å². The van der Waals surface area contributed by atoms with Gasteiger partial charge in [0.2, 0.25) is 0 Å². The smallest absolute Gasteiger partial charge is 0.126 e. The Morgan fingerprint density at radius 3 is 2.64 bits per heavy atom. The van der Waals surface area contributed by atoms with Crippen molar-refractivity contribution in [2.24, 2.45) is 5.73 Å². The highest BCUT2D eigenvalue weighted by molar-refractivity contribution is 5.59. The maximum atomic E-state index is 5.38. The fraction of sp³-hybridized carbons (Fsp3) is 0.273. The van der Waals surface area contributed by atoms with Gasteiger partial charge >= 0.3 is 0 Å². The Morgan fingerprint density at radius 1 is 1.29 bits per heavy atom. The fourth-order valence-electron chi connectivity index (χ4n) is 1.16. The van der Waals surface area contributed by atoms with Crippen molar-refractivity contribution in [3.05, 3.63) is 29.8 Å². The van der Waals surface area contributed by atoms with Crippen LogP contribution in [0.3, 0.4) is 0 Å². The van der Waals surface area contributed by atoms with Gasteiger partial charge in [0.1, 0.15) is 11.5 Å². The van der Waals surface area contributed by atoms with Gasteiger partial charge in [-0.25, -0.2) is 0 Å². The summed E-state index contributed by atoms with van der Waals surface area (Å²) in [7, 11) is 3.28. The lowest BCUT2D eigenvalue weighted by molar-refractivity contribution is 0.402. The second-order valence-electron chi connectivity index (χ2n) is 2.75. The summed E-state index contributed by atoms with van der Waals surface area (Å²) in [5, 5.41) is 0. The number of rotatable bonds is 4. The first-order valence-electron chi connectivity index (χ1n) is 4.40. The van der Waals surface area contributed by atoms with Gasteiger partial charge in [-0.15, -0.1) is 0 Å². The number of ether oxygens (including phenoxy) is 2. The van der Waals surface area contributed by atoms with Gasteiger partial charge in [-0.3, -0.25) is 0 Å². The van der Waals surface area contributed by atoms with Crippen molar-refractivity contribution in [3.63, 3.8) is 0 Å². The number of hydrogen-bond acceptors (Lipinski definition) is 3. The van der Waals surface area contributed by atoms with E-state index in [1.807, 2.05) is 30.4 Å². The molecule has 0 fully saturated rings. The van der Waals surface area contributed by atoms with Crippen molar-refractivity contribution < 1.29 is 9.47 Å². The third-order valence-electron chi connectivity index (χ3n) is 1.87. The highest BCUT2D eigenvalue weighted by atomic mass is 16.5. The Hall–Kier alpha value is -1.48. The first kappa shape index (κ1) is 10.6. The quantitative estimate of drug-likeness (QED) is 0.791. The number of methoxy groups -OCH3 is 2. The van der Waals surface area contributed by atoms with E-state index in [1.54, 1.807) is 14.2 Å². The molecule has 14 heavy (non-hydrogen) atoms. The summed E-state index contributed by atoms with van der Waals surface area (Å²) in [6.45, 7) is 0.514. The molecular weight excluding hydrogens is 178 g/mol. The van der Waals surface area contributed by atoms with Crippen molar-refractivity contribution in [1.82, 2.24) is 0 Å². The minimum Gasteiger partial charge on any atom is -0.497 e. The predicted octanol–water partition coefficient (Wildman–Crippen LogP) is 1.68. The molecule has 0 saturated heterocycles. The van der Waals surface area contributed by atoms with Gasteiger partial charge in [0.25, 0.3) is 0 Å². The van der Waals surface area contributed by atoms with Crippen LogP contribution in [-0.4, -0.2) is 20.8 Å². The van der Waals surface area contributed by atoms with E-state index in [0.29, 0.717) is 6.54 Å². The van der Waals surface area contributed by atoms with Crippen LogP contribution in [0.1, 0.15) is 5.56 Å². The molecule has 0 bridgehead atoms. The molecule has 0 amide bonds. The van der Waals surface area contributed by atoms with Gasteiger partial charge in [0.15, 0.2) is 0 Å². The Kier molecular flexibility index (Phi) is 4.01. The first-order chi connectivity index (χ1) is 6.81. The van der Waals surface area contributed by atoms with Crippen LogP contribution < -0.4 is 15.2 Å². The van der Waals surface area contributed by atoms with E-state index >= 15 is 0 Å². The predicted molar refractivity (Wildman–Crippen MR) is 57.6 cm³/mol. The van der Waals surface area contributed by atoms with Crippen LogP contribution in [0.2, 0.25) is 0 Å². The van der Waals surface area contributed by atoms with E-state index < -0.39 is 0 Å². The summed E-state index contributed by atoms with van der Waals surface area (Å²) >= 11 is 0. The average Bonchev–Trinajstić information content (AvgIpc) is 2.25. The van der Waals surface area contributed by atoms with Crippen molar-refractivity contribution in [3.8, 4) is 11.5 Å². The minimum absolute atomic E-state index is 0.514. The summed E-state index contributed by atoms with van der Waals surface area (Å²) in [5.74, 6) is 1.62. The molecule has 3 nitrogen and oxygen atoms in total. The second kappa shape index (κ2) is 5.29. The minimum atomic E-state index is 0.514. The number of benzene rings is 1. The van der Waals surface area contributed by atoms with E-state index in [1.165, 1.54) is 0 Å². The lowest BCUT2D eigenvalue weighted by Crippen LogP contribution is -1.93.